The molecular weight excluding hydrogens is 154 g/mol. The molecule has 0 aromatic heterocycles. The van der Waals surface area contributed by atoms with E-state index in [1.807, 2.05) is 0 Å². The predicted octanol–water partition coefficient (Wildman–Crippen LogP) is -0.542. The Balaban J connectivity index is 0. The summed E-state index contributed by atoms with van der Waals surface area (Å²) in [6.45, 7) is 1.34. The molecule has 0 saturated carbocycles. The van der Waals surface area contributed by atoms with Crippen molar-refractivity contribution < 1.29 is 14.6 Å². The molecule has 9 heavy (non-hydrogen) atoms. The Labute approximate surface area is 80.6 Å². The van der Waals surface area contributed by atoms with E-state index >= 15 is 0 Å². The number of ether oxygens (including phenoxy) is 1. The van der Waals surface area contributed by atoms with Crippen molar-refractivity contribution in [1.82, 2.24) is 0 Å². The van der Waals surface area contributed by atoms with Crippen molar-refractivity contribution in [3.63, 3.8) is 0 Å². The normalized spacial score (nSPS) is 11.4. The molecule has 50 valence electrons. The first-order valence-electron chi connectivity index (χ1n) is 2.10. The van der Waals surface area contributed by atoms with Gasteiger partial charge in [0, 0.05) is 0 Å². The fourth-order valence-corrected chi connectivity index (χ4v) is 0.285. The molecule has 0 bridgehead atoms. The molecule has 0 spiro atoms. The zero-order valence-electron chi connectivity index (χ0n) is 4.43. The monoisotopic (exact) mass is 162 g/mol. The van der Waals surface area contributed by atoms with Crippen molar-refractivity contribution >= 4 is 47.1 Å². The van der Waals surface area contributed by atoms with E-state index in [-0.39, 0.29) is 35.4 Å². The molecule has 0 heterocycles. The third kappa shape index (κ3) is 8.72. The Bertz CT molecular complexity index is 85.9. The molecule has 0 aliphatic heterocycles. The Morgan fingerprint density at radius 3 is 2.44 bits per heavy atom. The summed E-state index contributed by atoms with van der Waals surface area (Å²) in [5, 5.41) is 8.35. The minimum atomic E-state index is -1.05. The molecule has 0 aromatic carbocycles. The quantitative estimate of drug-likeness (QED) is 0.257. The fraction of sp³-hybridized carbons (Fsp3) is 0.750. The van der Waals surface area contributed by atoms with Crippen LogP contribution in [0.3, 0.4) is 0 Å². The number of alkyl halides is 1. The van der Waals surface area contributed by atoms with Crippen molar-refractivity contribution in [1.29, 1.82) is 0 Å². The van der Waals surface area contributed by atoms with Crippen LogP contribution in [0.5, 0.6) is 0 Å². The Kier molecular flexibility index (Phi) is 9.42. The average molecular weight is 163 g/mol. The van der Waals surface area contributed by atoms with E-state index in [0.717, 1.165) is 0 Å². The van der Waals surface area contributed by atoms with Gasteiger partial charge in [0.15, 0.2) is 6.29 Å². The van der Waals surface area contributed by atoms with Crippen LogP contribution in [0.4, 0.5) is 0 Å². The van der Waals surface area contributed by atoms with Gasteiger partial charge in [-0.05, 0) is 6.92 Å². The van der Waals surface area contributed by atoms with Crippen LogP contribution < -0.4 is 0 Å². The van der Waals surface area contributed by atoms with Crippen LogP contribution in [0.15, 0.2) is 0 Å². The number of carbonyl (C=O) groups is 1. The number of aliphatic hydroxyl groups is 1. The summed E-state index contributed by atoms with van der Waals surface area (Å²) in [6.07, 6.45) is -1.05. The van der Waals surface area contributed by atoms with Gasteiger partial charge in [-0.15, -0.1) is 11.6 Å². The molecule has 1 atom stereocenters. The molecule has 0 saturated heterocycles. The summed E-state index contributed by atoms with van der Waals surface area (Å²) in [5.74, 6) is -0.827. The Hall–Kier alpha value is 0.720. The molecule has 0 aliphatic rings. The summed E-state index contributed by atoms with van der Waals surface area (Å²) in [6, 6.07) is 0. The minimum absolute atomic E-state index is 0. The van der Waals surface area contributed by atoms with E-state index in [1.165, 1.54) is 6.92 Å². The molecule has 0 aliphatic carbocycles. The molecular formula is C4H8ClNaO3. The number of halogens is 1. The first kappa shape index (κ1) is 12.4. The molecule has 5 heteroatoms. The number of carbonyl (C=O) groups excluding carboxylic acids is 1. The van der Waals surface area contributed by atoms with Crippen LogP contribution in [0.1, 0.15) is 6.92 Å². The zero-order valence-corrected chi connectivity index (χ0v) is 5.18. The van der Waals surface area contributed by atoms with Crippen LogP contribution in [0, 0.1) is 0 Å². The van der Waals surface area contributed by atoms with Gasteiger partial charge >= 0.3 is 35.5 Å². The number of hydrogen-bond donors (Lipinski definition) is 1. The summed E-state index contributed by atoms with van der Waals surface area (Å²) < 4.78 is 4.18. The van der Waals surface area contributed by atoms with Gasteiger partial charge in [0.05, 0.1) is 0 Å². The first-order valence-corrected chi connectivity index (χ1v) is 2.63. The second-order valence-corrected chi connectivity index (χ2v) is 1.49. The number of rotatable bonds is 2. The van der Waals surface area contributed by atoms with Gasteiger partial charge in [0.2, 0.25) is 0 Å². The summed E-state index contributed by atoms with van der Waals surface area (Å²) in [4.78, 5) is 10.1. The molecule has 0 rings (SSSR count). The summed E-state index contributed by atoms with van der Waals surface area (Å²) >= 11 is 5.01. The fourth-order valence-electron chi connectivity index (χ4n) is 0.222. The average Bonchev–Trinajstić information content (AvgIpc) is 1.65. The van der Waals surface area contributed by atoms with Gasteiger partial charge in [-0.2, -0.15) is 0 Å². The van der Waals surface area contributed by atoms with E-state index in [4.69, 9.17) is 16.7 Å². The number of hydrogen-bond acceptors (Lipinski definition) is 3. The molecule has 0 amide bonds. The van der Waals surface area contributed by atoms with Gasteiger partial charge in [0.25, 0.3) is 0 Å². The molecule has 1 unspecified atom stereocenters. The summed E-state index contributed by atoms with van der Waals surface area (Å²) in [7, 11) is 0. The summed E-state index contributed by atoms with van der Waals surface area (Å²) in [5.41, 5.74) is 0. The second kappa shape index (κ2) is 6.83. The van der Waals surface area contributed by atoms with E-state index < -0.39 is 12.3 Å². The maximum atomic E-state index is 10.1. The van der Waals surface area contributed by atoms with Crippen molar-refractivity contribution in [2.75, 3.05) is 5.88 Å². The maximum absolute atomic E-state index is 10.1. The van der Waals surface area contributed by atoms with Crippen molar-refractivity contribution in [2.45, 2.75) is 13.2 Å². The van der Waals surface area contributed by atoms with Gasteiger partial charge in [-0.3, -0.25) is 4.79 Å². The van der Waals surface area contributed by atoms with Crippen LogP contribution >= 0.6 is 11.6 Å². The number of aliphatic hydroxyl groups excluding tert-OH is 1. The first-order chi connectivity index (χ1) is 3.66. The SMILES string of the molecule is CC(O)OC(=O)CCl.[NaH]. The van der Waals surface area contributed by atoms with Crippen LogP contribution in [-0.2, 0) is 9.53 Å². The number of esters is 1. The third-order valence-electron chi connectivity index (χ3n) is 0.411. The van der Waals surface area contributed by atoms with E-state index in [9.17, 15) is 4.79 Å². The molecule has 0 fully saturated rings. The second-order valence-electron chi connectivity index (χ2n) is 1.22. The van der Waals surface area contributed by atoms with Crippen LogP contribution in [0.2, 0.25) is 0 Å². The standard InChI is InChI=1S/C4H7ClO3.Na.H/c1-3(6)8-4(7)2-5;;/h3,6H,2H2,1H3;;. The van der Waals surface area contributed by atoms with Crippen molar-refractivity contribution in [2.24, 2.45) is 0 Å². The van der Waals surface area contributed by atoms with Crippen molar-refractivity contribution in [3.05, 3.63) is 0 Å². The van der Waals surface area contributed by atoms with E-state index in [2.05, 4.69) is 4.74 Å². The van der Waals surface area contributed by atoms with Crippen LogP contribution in [-0.4, -0.2) is 52.8 Å². The predicted molar refractivity (Wildman–Crippen MR) is 35.6 cm³/mol. The Morgan fingerprint density at radius 1 is 1.89 bits per heavy atom. The third-order valence-corrected chi connectivity index (χ3v) is 0.629. The Morgan fingerprint density at radius 2 is 2.33 bits per heavy atom. The van der Waals surface area contributed by atoms with Gasteiger partial charge in [-0.1, -0.05) is 0 Å². The molecule has 1 N–H and O–H groups in total. The zero-order chi connectivity index (χ0) is 6.57. The van der Waals surface area contributed by atoms with E-state index in [1.54, 1.807) is 0 Å². The molecule has 0 aromatic rings. The molecule has 3 nitrogen and oxygen atoms in total. The topological polar surface area (TPSA) is 46.5 Å². The van der Waals surface area contributed by atoms with Crippen molar-refractivity contribution in [3.8, 4) is 0 Å². The van der Waals surface area contributed by atoms with Gasteiger partial charge < -0.3 is 9.84 Å². The van der Waals surface area contributed by atoms with Gasteiger partial charge in [0.1, 0.15) is 5.88 Å². The van der Waals surface area contributed by atoms with Gasteiger partial charge in [-0.25, -0.2) is 0 Å². The molecule has 0 radical (unpaired) electrons. The van der Waals surface area contributed by atoms with Crippen LogP contribution in [0.25, 0.3) is 0 Å². The van der Waals surface area contributed by atoms with E-state index in [0.29, 0.717) is 0 Å².